The Bertz CT molecular complexity index is 865. The number of aromatic amines is 1. The highest BCUT2D eigenvalue weighted by Crippen LogP contribution is 2.27. The van der Waals surface area contributed by atoms with Crippen LogP contribution in [0, 0.1) is 0 Å². The summed E-state index contributed by atoms with van der Waals surface area (Å²) < 4.78 is 10.7. The quantitative estimate of drug-likeness (QED) is 0.190. The molecular formula is C18H26N2O12. The second-order valence-electron chi connectivity index (χ2n) is 6.41. The number of nitrogens with one attached hydrogen (secondary N) is 1. The van der Waals surface area contributed by atoms with E-state index in [0.717, 1.165) is 16.8 Å². The second-order valence-corrected chi connectivity index (χ2v) is 6.41. The van der Waals surface area contributed by atoms with Crippen molar-refractivity contribution in [2.24, 2.45) is 0 Å². The fraction of sp³-hybridized carbons (Fsp3) is 0.500. The van der Waals surface area contributed by atoms with Gasteiger partial charge in [0.1, 0.15) is 36.6 Å². The van der Waals surface area contributed by atoms with Crippen LogP contribution in [0.3, 0.4) is 0 Å². The number of aliphatic hydroxyl groups is 7. The van der Waals surface area contributed by atoms with Crippen molar-refractivity contribution in [3.63, 3.8) is 0 Å². The zero-order valence-electron chi connectivity index (χ0n) is 16.6. The summed E-state index contributed by atoms with van der Waals surface area (Å²) in [4.78, 5) is 34.1. The molecule has 180 valence electrons. The van der Waals surface area contributed by atoms with E-state index < -0.39 is 67.3 Å². The number of aldehydes is 1. The highest BCUT2D eigenvalue weighted by Gasteiger charge is 2.43. The van der Waals surface area contributed by atoms with Crippen molar-refractivity contribution in [2.45, 2.75) is 42.9 Å². The normalized spacial score (nSPS) is 24.8. The SMILES string of the molecule is O=CC(O)C(O)C(O)CO.O=c1ccn([C@@H]2O[C@H](CO)[C@@H](O)[C@H]2O)c(=O)[nH]1.c1ccoc1. The number of hydrogen-bond acceptors (Lipinski definition) is 12. The summed E-state index contributed by atoms with van der Waals surface area (Å²) in [5, 5.41) is 62.1. The van der Waals surface area contributed by atoms with E-state index in [-0.39, 0.29) is 6.29 Å². The van der Waals surface area contributed by atoms with E-state index in [2.05, 4.69) is 4.42 Å². The van der Waals surface area contributed by atoms with Gasteiger partial charge >= 0.3 is 5.69 Å². The Kier molecular flexibility index (Phi) is 11.7. The Morgan fingerprint density at radius 1 is 1.09 bits per heavy atom. The van der Waals surface area contributed by atoms with Crippen LogP contribution < -0.4 is 11.2 Å². The van der Waals surface area contributed by atoms with Crippen molar-refractivity contribution in [3.8, 4) is 0 Å². The Morgan fingerprint density at radius 3 is 2.12 bits per heavy atom. The molecule has 2 aromatic rings. The molecule has 1 fully saturated rings. The third kappa shape index (κ3) is 7.77. The Labute approximate surface area is 180 Å². The molecule has 0 radical (unpaired) electrons. The number of furan rings is 1. The molecular weight excluding hydrogens is 436 g/mol. The third-order valence-corrected chi connectivity index (χ3v) is 4.14. The number of nitrogens with zero attached hydrogens (tertiary/aromatic N) is 1. The fourth-order valence-corrected chi connectivity index (χ4v) is 2.38. The first-order valence-electron chi connectivity index (χ1n) is 9.19. The molecule has 14 heteroatoms. The van der Waals surface area contributed by atoms with Crippen LogP contribution >= 0.6 is 0 Å². The van der Waals surface area contributed by atoms with Crippen molar-refractivity contribution in [3.05, 3.63) is 57.8 Å². The molecule has 8 N–H and O–H groups in total. The number of aliphatic hydroxyl groups excluding tert-OH is 7. The smallest absolute Gasteiger partial charge is 0.330 e. The monoisotopic (exact) mass is 462 g/mol. The summed E-state index contributed by atoms with van der Waals surface area (Å²) in [6.45, 7) is -1.17. The summed E-state index contributed by atoms with van der Waals surface area (Å²) in [7, 11) is 0. The van der Waals surface area contributed by atoms with Crippen molar-refractivity contribution >= 4 is 6.29 Å². The maximum atomic E-state index is 11.4. The molecule has 0 amide bonds. The zero-order valence-corrected chi connectivity index (χ0v) is 16.6. The second kappa shape index (κ2) is 13.7. The lowest BCUT2D eigenvalue weighted by Gasteiger charge is -2.16. The molecule has 1 saturated heterocycles. The van der Waals surface area contributed by atoms with Gasteiger partial charge in [-0.1, -0.05) is 0 Å². The van der Waals surface area contributed by atoms with Gasteiger partial charge in [-0.2, -0.15) is 0 Å². The van der Waals surface area contributed by atoms with Crippen LogP contribution in [0.1, 0.15) is 6.23 Å². The molecule has 2 aromatic heterocycles. The van der Waals surface area contributed by atoms with Crippen molar-refractivity contribution < 1.29 is 49.7 Å². The van der Waals surface area contributed by atoms with Gasteiger partial charge in [0.25, 0.3) is 5.56 Å². The van der Waals surface area contributed by atoms with Crippen LogP contribution in [0.25, 0.3) is 0 Å². The largest absolute Gasteiger partial charge is 0.473 e. The van der Waals surface area contributed by atoms with E-state index in [1.165, 1.54) is 0 Å². The topological polar surface area (TPSA) is 236 Å². The summed E-state index contributed by atoms with van der Waals surface area (Å²) in [5.74, 6) is 0. The number of rotatable bonds is 6. The van der Waals surface area contributed by atoms with E-state index in [1.54, 1.807) is 12.5 Å². The zero-order chi connectivity index (χ0) is 24.3. The summed E-state index contributed by atoms with van der Waals surface area (Å²) in [6, 6.07) is 4.76. The number of carbonyl (C=O) groups is 1. The first-order valence-corrected chi connectivity index (χ1v) is 9.19. The molecule has 14 nitrogen and oxygen atoms in total. The lowest BCUT2D eigenvalue weighted by atomic mass is 10.1. The molecule has 0 aliphatic carbocycles. The molecule has 1 aliphatic rings. The van der Waals surface area contributed by atoms with Crippen molar-refractivity contribution in [1.29, 1.82) is 0 Å². The van der Waals surface area contributed by atoms with Crippen LogP contribution in [-0.4, -0.2) is 101 Å². The van der Waals surface area contributed by atoms with Gasteiger partial charge in [0, 0.05) is 12.3 Å². The maximum absolute atomic E-state index is 11.4. The Hall–Kier alpha value is -2.69. The highest BCUT2D eigenvalue weighted by molar-refractivity contribution is 5.56. The predicted molar refractivity (Wildman–Crippen MR) is 104 cm³/mol. The van der Waals surface area contributed by atoms with E-state index in [0.29, 0.717) is 0 Å². The fourth-order valence-electron chi connectivity index (χ4n) is 2.38. The number of aromatic nitrogens is 2. The van der Waals surface area contributed by atoms with Crippen LogP contribution in [0.15, 0.2) is 50.9 Å². The lowest BCUT2D eigenvalue weighted by Crippen LogP contribution is -2.40. The molecule has 1 aliphatic heterocycles. The Morgan fingerprint density at radius 2 is 1.72 bits per heavy atom. The van der Waals surface area contributed by atoms with E-state index >= 15 is 0 Å². The molecule has 0 bridgehead atoms. The van der Waals surface area contributed by atoms with Gasteiger partial charge in [-0.15, -0.1) is 0 Å². The van der Waals surface area contributed by atoms with Crippen molar-refractivity contribution in [1.82, 2.24) is 9.55 Å². The summed E-state index contributed by atoms with van der Waals surface area (Å²) in [6.07, 6.45) is -4.96. The summed E-state index contributed by atoms with van der Waals surface area (Å²) in [5.41, 5.74) is -1.33. The maximum Gasteiger partial charge on any atom is 0.330 e. The lowest BCUT2D eigenvalue weighted by molar-refractivity contribution is -0.127. The van der Waals surface area contributed by atoms with Gasteiger partial charge in [0.15, 0.2) is 12.5 Å². The van der Waals surface area contributed by atoms with Crippen molar-refractivity contribution in [2.75, 3.05) is 13.2 Å². The average Bonchev–Trinajstić information content (AvgIpc) is 3.46. The Balaban J connectivity index is 0.000000287. The molecule has 3 heterocycles. The molecule has 32 heavy (non-hydrogen) atoms. The minimum absolute atomic E-state index is 0.0869. The number of H-pyrrole nitrogens is 1. The minimum atomic E-state index is -1.64. The molecule has 3 rings (SSSR count). The first-order chi connectivity index (χ1) is 15.2. The molecule has 7 atom stereocenters. The van der Waals surface area contributed by atoms with Gasteiger partial charge in [-0.3, -0.25) is 14.3 Å². The van der Waals surface area contributed by atoms with Gasteiger partial charge < -0.3 is 49.7 Å². The van der Waals surface area contributed by atoms with Gasteiger partial charge in [-0.25, -0.2) is 4.79 Å². The van der Waals surface area contributed by atoms with E-state index in [4.69, 9.17) is 30.3 Å². The van der Waals surface area contributed by atoms with Gasteiger partial charge in [0.2, 0.25) is 0 Å². The molecule has 0 saturated carbocycles. The van der Waals surface area contributed by atoms with Crippen LogP contribution in [0.2, 0.25) is 0 Å². The molecule has 0 spiro atoms. The molecule has 0 aromatic carbocycles. The summed E-state index contributed by atoms with van der Waals surface area (Å²) >= 11 is 0. The number of ether oxygens (including phenoxy) is 1. The van der Waals surface area contributed by atoms with E-state index in [1.807, 2.05) is 17.1 Å². The van der Waals surface area contributed by atoms with Gasteiger partial charge in [0.05, 0.1) is 25.7 Å². The first kappa shape index (κ1) is 27.3. The number of hydrogen-bond donors (Lipinski definition) is 8. The predicted octanol–water partition coefficient (Wildman–Crippen LogP) is -4.31. The van der Waals surface area contributed by atoms with Crippen LogP contribution in [-0.2, 0) is 9.53 Å². The number of carbonyl (C=O) groups excluding carboxylic acids is 1. The third-order valence-electron chi connectivity index (χ3n) is 4.14. The van der Waals surface area contributed by atoms with Crippen LogP contribution in [0.4, 0.5) is 0 Å². The molecule has 3 unspecified atom stereocenters. The minimum Gasteiger partial charge on any atom is -0.473 e. The van der Waals surface area contributed by atoms with Crippen LogP contribution in [0.5, 0.6) is 0 Å². The van der Waals surface area contributed by atoms with E-state index in [9.17, 15) is 24.6 Å². The highest BCUT2D eigenvalue weighted by atomic mass is 16.6. The standard InChI is InChI=1S/C9H12N2O6.C5H10O5.C4H4O/c12-3-4-6(14)7(15)8(17-4)11-2-1-5(13)10-9(11)16;6-1-3(8)5(10)4(9)2-7;1-2-4-5-3-1/h1-2,4,6-8,12,14-15H,3H2,(H,10,13,16);1,3-5,7-10H,2H2;1-4H/t4-,6-,7-,8-;;/m1../s1. The average molecular weight is 462 g/mol. The van der Waals surface area contributed by atoms with Gasteiger partial charge in [-0.05, 0) is 12.1 Å².